The molecule has 0 fully saturated rings. The Hall–Kier alpha value is -2.82. The van der Waals surface area contributed by atoms with Gasteiger partial charge in [-0.05, 0) is 49.2 Å². The van der Waals surface area contributed by atoms with Gasteiger partial charge >= 0.3 is 0 Å². The summed E-state index contributed by atoms with van der Waals surface area (Å²) in [5.74, 6) is 0.460. The van der Waals surface area contributed by atoms with Crippen molar-refractivity contribution in [1.82, 2.24) is 0 Å². The molecule has 126 valence electrons. The molecule has 5 heteroatoms. The molecule has 0 saturated carbocycles. The fraction of sp³-hybridized carbons (Fsp3) is 0.263. The van der Waals surface area contributed by atoms with Crippen LogP contribution in [0.25, 0.3) is 0 Å². The van der Waals surface area contributed by atoms with Gasteiger partial charge in [-0.2, -0.15) is 0 Å². The lowest BCUT2D eigenvalue weighted by atomic mass is 10.1. The summed E-state index contributed by atoms with van der Waals surface area (Å²) < 4.78 is 5.62. The Bertz CT molecular complexity index is 704. The molecule has 0 radical (unpaired) electrons. The normalized spacial score (nSPS) is 10.1. The van der Waals surface area contributed by atoms with Crippen molar-refractivity contribution in [3.63, 3.8) is 0 Å². The summed E-state index contributed by atoms with van der Waals surface area (Å²) >= 11 is 0. The van der Waals surface area contributed by atoms with E-state index >= 15 is 0 Å². The molecular weight excluding hydrogens is 304 g/mol. The summed E-state index contributed by atoms with van der Waals surface area (Å²) in [7, 11) is 0. The molecule has 0 heterocycles. The number of nitrogens with one attached hydrogen (secondary N) is 2. The Morgan fingerprint density at radius 3 is 1.88 bits per heavy atom. The lowest BCUT2D eigenvalue weighted by Crippen LogP contribution is -2.20. The van der Waals surface area contributed by atoms with Gasteiger partial charge in [0.05, 0.1) is 0 Å². The Morgan fingerprint density at radius 1 is 0.875 bits per heavy atom. The van der Waals surface area contributed by atoms with Gasteiger partial charge in [0.25, 0.3) is 5.91 Å². The second-order valence-electron chi connectivity index (χ2n) is 5.54. The van der Waals surface area contributed by atoms with E-state index in [2.05, 4.69) is 10.6 Å². The van der Waals surface area contributed by atoms with E-state index in [1.54, 1.807) is 31.2 Å². The van der Waals surface area contributed by atoms with Gasteiger partial charge in [0.2, 0.25) is 5.91 Å². The van der Waals surface area contributed by atoms with Crippen molar-refractivity contribution in [2.45, 2.75) is 27.2 Å². The molecule has 24 heavy (non-hydrogen) atoms. The lowest BCUT2D eigenvalue weighted by Gasteiger charge is -2.12. The van der Waals surface area contributed by atoms with Crippen LogP contribution in [0.3, 0.4) is 0 Å². The molecule has 0 atom stereocenters. The molecule has 2 aromatic carbocycles. The summed E-state index contributed by atoms with van der Waals surface area (Å²) in [5, 5.41) is 5.52. The van der Waals surface area contributed by atoms with Crippen LogP contribution in [0.1, 0.15) is 24.5 Å². The average molecular weight is 326 g/mol. The zero-order valence-electron chi connectivity index (χ0n) is 14.2. The highest BCUT2D eigenvalue weighted by Gasteiger charge is 2.08. The van der Waals surface area contributed by atoms with E-state index in [-0.39, 0.29) is 18.4 Å². The third-order valence-corrected chi connectivity index (χ3v) is 3.53. The largest absolute Gasteiger partial charge is 0.483 e. The molecule has 5 nitrogen and oxygen atoms in total. The van der Waals surface area contributed by atoms with Crippen molar-refractivity contribution in [1.29, 1.82) is 0 Å². The first-order chi connectivity index (χ1) is 11.5. The SMILES string of the molecule is CCC(=O)Nc1ccc(NC(=O)COc2c(C)cccc2C)cc1. The van der Waals surface area contributed by atoms with E-state index in [0.717, 1.165) is 16.9 Å². The van der Waals surface area contributed by atoms with E-state index in [4.69, 9.17) is 4.74 Å². The highest BCUT2D eigenvalue weighted by atomic mass is 16.5. The molecule has 2 rings (SSSR count). The number of hydrogen-bond donors (Lipinski definition) is 2. The number of carbonyl (C=O) groups excluding carboxylic acids is 2. The predicted molar refractivity (Wildman–Crippen MR) is 95.4 cm³/mol. The Balaban J connectivity index is 1.89. The number of anilines is 2. The molecule has 0 saturated heterocycles. The van der Waals surface area contributed by atoms with E-state index in [1.807, 2.05) is 32.0 Å². The quantitative estimate of drug-likeness (QED) is 0.851. The first-order valence-corrected chi connectivity index (χ1v) is 7.88. The fourth-order valence-electron chi connectivity index (χ4n) is 2.25. The van der Waals surface area contributed by atoms with Gasteiger partial charge in [-0.3, -0.25) is 9.59 Å². The number of aryl methyl sites for hydroxylation is 2. The number of carbonyl (C=O) groups is 2. The van der Waals surface area contributed by atoms with E-state index in [0.29, 0.717) is 17.8 Å². The zero-order chi connectivity index (χ0) is 17.5. The van der Waals surface area contributed by atoms with Crippen molar-refractivity contribution >= 4 is 23.2 Å². The van der Waals surface area contributed by atoms with Crippen LogP contribution < -0.4 is 15.4 Å². The molecule has 2 amide bonds. The first kappa shape index (κ1) is 17.5. The van der Waals surface area contributed by atoms with Crippen LogP contribution in [0, 0.1) is 13.8 Å². The van der Waals surface area contributed by atoms with Gasteiger partial charge in [-0.25, -0.2) is 0 Å². The number of para-hydroxylation sites is 1. The van der Waals surface area contributed by atoms with Crippen LogP contribution in [0.5, 0.6) is 5.75 Å². The van der Waals surface area contributed by atoms with Crippen LogP contribution in [0.15, 0.2) is 42.5 Å². The van der Waals surface area contributed by atoms with Crippen molar-refractivity contribution in [3.05, 3.63) is 53.6 Å². The van der Waals surface area contributed by atoms with Crippen LogP contribution in [0.2, 0.25) is 0 Å². The first-order valence-electron chi connectivity index (χ1n) is 7.88. The van der Waals surface area contributed by atoms with Crippen LogP contribution in [0.4, 0.5) is 11.4 Å². The summed E-state index contributed by atoms with van der Waals surface area (Å²) in [5.41, 5.74) is 3.35. The molecule has 0 aliphatic rings. The highest BCUT2D eigenvalue weighted by Crippen LogP contribution is 2.22. The van der Waals surface area contributed by atoms with Gasteiger partial charge in [0, 0.05) is 17.8 Å². The molecule has 0 spiro atoms. The summed E-state index contributed by atoms with van der Waals surface area (Å²) in [4.78, 5) is 23.3. The Morgan fingerprint density at radius 2 is 1.38 bits per heavy atom. The van der Waals surface area contributed by atoms with Gasteiger partial charge < -0.3 is 15.4 Å². The van der Waals surface area contributed by atoms with E-state index in [1.165, 1.54) is 0 Å². The number of amides is 2. The molecule has 0 aromatic heterocycles. The fourth-order valence-corrected chi connectivity index (χ4v) is 2.25. The molecule has 0 aliphatic carbocycles. The maximum atomic E-state index is 12.0. The third-order valence-electron chi connectivity index (χ3n) is 3.53. The second kappa shape index (κ2) is 8.15. The van der Waals surface area contributed by atoms with Crippen LogP contribution in [-0.4, -0.2) is 18.4 Å². The van der Waals surface area contributed by atoms with Gasteiger partial charge in [-0.15, -0.1) is 0 Å². The molecular formula is C19H22N2O3. The summed E-state index contributed by atoms with van der Waals surface area (Å²) in [6.07, 6.45) is 0.425. The van der Waals surface area contributed by atoms with Crippen molar-refractivity contribution in [2.75, 3.05) is 17.2 Å². The minimum atomic E-state index is -0.233. The summed E-state index contributed by atoms with van der Waals surface area (Å²) in [6, 6.07) is 12.8. The van der Waals surface area contributed by atoms with Crippen molar-refractivity contribution in [2.24, 2.45) is 0 Å². The van der Waals surface area contributed by atoms with Crippen LogP contribution in [-0.2, 0) is 9.59 Å². The molecule has 2 N–H and O–H groups in total. The predicted octanol–water partition coefficient (Wildman–Crippen LogP) is 3.67. The third kappa shape index (κ3) is 4.84. The smallest absolute Gasteiger partial charge is 0.262 e. The zero-order valence-corrected chi connectivity index (χ0v) is 14.2. The molecule has 0 aliphatic heterocycles. The summed E-state index contributed by atoms with van der Waals surface area (Å²) in [6.45, 7) is 5.63. The average Bonchev–Trinajstić information content (AvgIpc) is 2.56. The van der Waals surface area contributed by atoms with Gasteiger partial charge in [0.15, 0.2) is 6.61 Å². The maximum absolute atomic E-state index is 12.0. The van der Waals surface area contributed by atoms with Crippen molar-refractivity contribution < 1.29 is 14.3 Å². The monoisotopic (exact) mass is 326 g/mol. The van der Waals surface area contributed by atoms with E-state index < -0.39 is 0 Å². The maximum Gasteiger partial charge on any atom is 0.262 e. The van der Waals surface area contributed by atoms with Crippen LogP contribution >= 0.6 is 0 Å². The molecule has 2 aromatic rings. The lowest BCUT2D eigenvalue weighted by molar-refractivity contribution is -0.118. The molecule has 0 bridgehead atoms. The van der Waals surface area contributed by atoms with Gasteiger partial charge in [-0.1, -0.05) is 25.1 Å². The number of rotatable bonds is 6. The number of ether oxygens (including phenoxy) is 1. The van der Waals surface area contributed by atoms with Gasteiger partial charge in [0.1, 0.15) is 5.75 Å². The standard InChI is InChI=1S/C19H22N2O3/c1-4-17(22)20-15-8-10-16(11-9-15)21-18(23)12-24-19-13(2)6-5-7-14(19)3/h5-11H,4,12H2,1-3H3,(H,20,22)(H,21,23). The topological polar surface area (TPSA) is 67.4 Å². The Labute approximate surface area is 142 Å². The Kier molecular flexibility index (Phi) is 5.95. The minimum absolute atomic E-state index is 0.0474. The second-order valence-corrected chi connectivity index (χ2v) is 5.54. The van der Waals surface area contributed by atoms with E-state index in [9.17, 15) is 9.59 Å². The van der Waals surface area contributed by atoms with Crippen molar-refractivity contribution in [3.8, 4) is 5.75 Å². The minimum Gasteiger partial charge on any atom is -0.483 e. The number of hydrogen-bond acceptors (Lipinski definition) is 3. The highest BCUT2D eigenvalue weighted by molar-refractivity contribution is 5.93. The molecule has 0 unspecified atom stereocenters. The number of benzene rings is 2.